The van der Waals surface area contributed by atoms with E-state index in [0.29, 0.717) is 24.4 Å². The molecule has 0 radical (unpaired) electrons. The molecule has 2 aliphatic rings. The van der Waals surface area contributed by atoms with Crippen LogP contribution in [0.4, 0.5) is 0 Å². The zero-order chi connectivity index (χ0) is 21.4. The summed E-state index contributed by atoms with van der Waals surface area (Å²) in [7, 11) is 0. The molecule has 2 fully saturated rings. The molecule has 31 heavy (non-hydrogen) atoms. The molecule has 0 unspecified atom stereocenters. The maximum Gasteiger partial charge on any atom is 0.302 e. The molecule has 0 aliphatic carbocycles. The van der Waals surface area contributed by atoms with Crippen LogP contribution in [0, 0.1) is 5.92 Å². The summed E-state index contributed by atoms with van der Waals surface area (Å²) in [6.45, 7) is 2.46. The number of aromatic nitrogens is 4. The van der Waals surface area contributed by atoms with E-state index < -0.39 is 17.8 Å². The van der Waals surface area contributed by atoms with Crippen LogP contribution in [-0.2, 0) is 30.3 Å². The Labute approximate surface area is 183 Å². The number of nitrogens with zero attached hydrogens (tertiary/aromatic N) is 4. The van der Waals surface area contributed by atoms with Gasteiger partial charge in [0.1, 0.15) is 30.8 Å². The van der Waals surface area contributed by atoms with Crippen LogP contribution in [-0.4, -0.2) is 57.0 Å². The monoisotopic (exact) mass is 444 g/mol. The molecule has 3 aromatic rings. The summed E-state index contributed by atoms with van der Waals surface area (Å²) in [4.78, 5) is 24.2. The van der Waals surface area contributed by atoms with Gasteiger partial charge < -0.3 is 18.9 Å². The number of esters is 1. The molecule has 2 bridgehead atoms. The normalized spacial score (nSPS) is 27.5. The van der Waals surface area contributed by atoms with Crippen LogP contribution < -0.4 is 0 Å². The Kier molecular flexibility index (Phi) is 5.35. The Bertz CT molecular complexity index is 1090. The maximum atomic E-state index is 11.6. The molecule has 1 aromatic carbocycles. The molecule has 9 nitrogen and oxygen atoms in total. The van der Waals surface area contributed by atoms with Gasteiger partial charge in [-0.05, 0) is 5.56 Å². The van der Waals surface area contributed by atoms with E-state index in [1.807, 2.05) is 34.9 Å². The average Bonchev–Trinajstić information content (AvgIpc) is 3.27. The summed E-state index contributed by atoms with van der Waals surface area (Å²) in [5, 5.41) is 0.271. The van der Waals surface area contributed by atoms with Crippen LogP contribution in [0.5, 0.6) is 0 Å². The third-order valence-electron chi connectivity index (χ3n) is 5.67. The second-order valence-electron chi connectivity index (χ2n) is 7.74. The average molecular weight is 445 g/mol. The quantitative estimate of drug-likeness (QED) is 0.422. The zero-order valence-electron chi connectivity index (χ0n) is 16.8. The van der Waals surface area contributed by atoms with E-state index in [4.69, 9.17) is 30.5 Å². The molecule has 0 spiro atoms. The largest absolute Gasteiger partial charge is 0.463 e. The van der Waals surface area contributed by atoms with E-state index >= 15 is 0 Å². The number of hydrogen-bond donors (Lipinski definition) is 0. The van der Waals surface area contributed by atoms with Crippen LogP contribution in [0.25, 0.3) is 11.2 Å². The number of carbonyl (C=O) groups is 1. The van der Waals surface area contributed by atoms with Gasteiger partial charge in [0.15, 0.2) is 16.4 Å². The minimum Gasteiger partial charge on any atom is -0.463 e. The van der Waals surface area contributed by atoms with Crippen LogP contribution in [0.2, 0.25) is 5.15 Å². The van der Waals surface area contributed by atoms with E-state index in [-0.39, 0.29) is 30.4 Å². The van der Waals surface area contributed by atoms with Gasteiger partial charge in [0.05, 0.1) is 32.1 Å². The number of carbonyl (C=O) groups excluding carboxylic acids is 1. The van der Waals surface area contributed by atoms with Gasteiger partial charge in [-0.15, -0.1) is 0 Å². The van der Waals surface area contributed by atoms with Crippen LogP contribution >= 0.6 is 11.6 Å². The molecule has 0 saturated carbocycles. The Morgan fingerprint density at radius 3 is 2.94 bits per heavy atom. The van der Waals surface area contributed by atoms with Gasteiger partial charge in [-0.1, -0.05) is 41.9 Å². The molecule has 4 atom stereocenters. The Morgan fingerprint density at radius 2 is 2.13 bits per heavy atom. The van der Waals surface area contributed by atoms with Crippen molar-refractivity contribution in [3.8, 4) is 0 Å². The van der Waals surface area contributed by atoms with Gasteiger partial charge in [-0.2, -0.15) is 0 Å². The van der Waals surface area contributed by atoms with Crippen molar-refractivity contribution in [3.63, 3.8) is 0 Å². The fourth-order valence-corrected chi connectivity index (χ4v) is 4.46. The minimum atomic E-state index is -0.943. The lowest BCUT2D eigenvalue weighted by Crippen LogP contribution is -2.54. The van der Waals surface area contributed by atoms with E-state index in [1.165, 1.54) is 13.3 Å². The van der Waals surface area contributed by atoms with Crippen molar-refractivity contribution in [2.24, 2.45) is 5.92 Å². The van der Waals surface area contributed by atoms with Crippen molar-refractivity contribution in [2.75, 3.05) is 19.8 Å². The van der Waals surface area contributed by atoms with Gasteiger partial charge in [-0.25, -0.2) is 15.0 Å². The summed E-state index contributed by atoms with van der Waals surface area (Å²) in [5.74, 6) is -0.558. The lowest BCUT2D eigenvalue weighted by molar-refractivity contribution is -0.193. The first kappa shape index (κ1) is 20.3. The van der Waals surface area contributed by atoms with Crippen molar-refractivity contribution in [2.45, 2.75) is 31.5 Å². The summed E-state index contributed by atoms with van der Waals surface area (Å²) in [6.07, 6.45) is 2.18. The summed E-state index contributed by atoms with van der Waals surface area (Å²) in [5.41, 5.74) is 1.15. The second-order valence-corrected chi connectivity index (χ2v) is 8.10. The molecule has 10 heteroatoms. The number of benzene rings is 1. The molecular weight excluding hydrogens is 424 g/mol. The SMILES string of the molecule is CC(=O)OC[C@@]12COC[C@@H]([C@@H](n3cnc4c(Cl)ncnc43)O1)[C@@H]2OCc1ccccc1. The highest BCUT2D eigenvalue weighted by molar-refractivity contribution is 6.33. The fourth-order valence-electron chi connectivity index (χ4n) is 4.28. The number of fused-ring (bicyclic) bond motifs is 3. The first-order valence-electron chi connectivity index (χ1n) is 9.95. The number of hydrogen-bond acceptors (Lipinski definition) is 8. The molecule has 2 aromatic heterocycles. The predicted octanol–water partition coefficient (Wildman–Crippen LogP) is 2.54. The van der Waals surface area contributed by atoms with Crippen molar-refractivity contribution in [1.82, 2.24) is 19.5 Å². The number of rotatable bonds is 6. The van der Waals surface area contributed by atoms with Crippen LogP contribution in [0.15, 0.2) is 43.0 Å². The van der Waals surface area contributed by atoms with Gasteiger partial charge in [0.25, 0.3) is 0 Å². The molecular formula is C21H21ClN4O5. The van der Waals surface area contributed by atoms with Crippen molar-refractivity contribution < 1.29 is 23.7 Å². The fraction of sp³-hybridized carbons (Fsp3) is 0.429. The highest BCUT2D eigenvalue weighted by atomic mass is 35.5. The smallest absolute Gasteiger partial charge is 0.302 e. The Hall–Kier alpha value is -2.59. The molecule has 162 valence electrons. The minimum absolute atomic E-state index is 0.0250. The second kappa shape index (κ2) is 8.16. The van der Waals surface area contributed by atoms with Gasteiger partial charge in [0, 0.05) is 6.92 Å². The summed E-state index contributed by atoms with van der Waals surface area (Å²) in [6, 6.07) is 9.89. The third kappa shape index (κ3) is 3.67. The van der Waals surface area contributed by atoms with Crippen molar-refractivity contribution in [1.29, 1.82) is 0 Å². The van der Waals surface area contributed by atoms with Crippen LogP contribution in [0.3, 0.4) is 0 Å². The number of ether oxygens (including phenoxy) is 4. The summed E-state index contributed by atoms with van der Waals surface area (Å²) >= 11 is 6.17. The van der Waals surface area contributed by atoms with Crippen molar-refractivity contribution in [3.05, 3.63) is 53.7 Å². The van der Waals surface area contributed by atoms with Crippen LogP contribution in [0.1, 0.15) is 18.7 Å². The Morgan fingerprint density at radius 1 is 1.29 bits per heavy atom. The molecule has 0 amide bonds. The molecule has 2 saturated heterocycles. The molecule has 5 rings (SSSR count). The molecule has 0 N–H and O–H groups in total. The Balaban J connectivity index is 1.49. The lowest BCUT2D eigenvalue weighted by Gasteiger charge is -2.37. The first-order valence-corrected chi connectivity index (χ1v) is 10.3. The predicted molar refractivity (Wildman–Crippen MR) is 109 cm³/mol. The van der Waals surface area contributed by atoms with E-state index in [1.54, 1.807) is 6.33 Å². The summed E-state index contributed by atoms with van der Waals surface area (Å²) < 4.78 is 25.9. The molecule has 4 heterocycles. The van der Waals surface area contributed by atoms with Gasteiger partial charge in [-0.3, -0.25) is 9.36 Å². The third-order valence-corrected chi connectivity index (χ3v) is 5.94. The molecule has 2 aliphatic heterocycles. The van der Waals surface area contributed by atoms with Gasteiger partial charge in [0.2, 0.25) is 0 Å². The lowest BCUT2D eigenvalue weighted by atomic mass is 9.88. The highest BCUT2D eigenvalue weighted by Crippen LogP contribution is 2.48. The first-order chi connectivity index (χ1) is 15.1. The number of halogens is 1. The van der Waals surface area contributed by atoms with Gasteiger partial charge >= 0.3 is 5.97 Å². The van der Waals surface area contributed by atoms with E-state index in [2.05, 4.69) is 15.0 Å². The highest BCUT2D eigenvalue weighted by Gasteiger charge is 2.60. The number of imidazole rings is 1. The maximum absolute atomic E-state index is 11.6. The van der Waals surface area contributed by atoms with Crippen molar-refractivity contribution >= 4 is 28.7 Å². The van der Waals surface area contributed by atoms with E-state index in [9.17, 15) is 4.79 Å². The standard InChI is InChI=1S/C21H21ClN4O5/c1-13(27)30-10-21-9-28-8-15(17(21)29-7-14-5-3-2-4-6-14)20(31-21)26-12-25-16-18(22)23-11-24-19(16)26/h2-6,11-12,15,17,20H,7-10H2,1H3/t15-,17+,20+,21-/m1/s1. The zero-order valence-corrected chi connectivity index (χ0v) is 17.6. The topological polar surface area (TPSA) is 97.6 Å². The van der Waals surface area contributed by atoms with E-state index in [0.717, 1.165) is 5.56 Å².